The second kappa shape index (κ2) is 6.41. The summed E-state index contributed by atoms with van der Waals surface area (Å²) in [5, 5.41) is 8.83. The van der Waals surface area contributed by atoms with E-state index >= 15 is 0 Å². The van der Waals surface area contributed by atoms with Crippen molar-refractivity contribution in [3.05, 3.63) is 29.3 Å². The first-order valence-corrected chi connectivity index (χ1v) is 6.91. The fraction of sp³-hybridized carbons (Fsp3) is 0.562. The van der Waals surface area contributed by atoms with E-state index in [1.165, 1.54) is 26.0 Å². The average molecular weight is 300 g/mol. The quantitative estimate of drug-likeness (QED) is 0.813. The summed E-state index contributed by atoms with van der Waals surface area (Å²) in [7, 11) is 0. The number of aliphatic carboxylic acids is 1. The van der Waals surface area contributed by atoms with E-state index in [0.29, 0.717) is 12.2 Å². The molecule has 1 aromatic carbocycles. The number of benzene rings is 1. The average Bonchev–Trinajstić information content (AvgIpc) is 2.28. The standard InChI is InChI=1S/C16H22F2O3/c1-5-21-13-7-6-11(2)8-12(13)16(17,18)10-15(3,4)9-14(19)20/h6-8H,5,9-10H2,1-4H3,(H,19,20). The van der Waals surface area contributed by atoms with Gasteiger partial charge in [-0.15, -0.1) is 0 Å². The number of hydrogen-bond acceptors (Lipinski definition) is 2. The van der Waals surface area contributed by atoms with Crippen LogP contribution < -0.4 is 4.74 Å². The molecule has 0 saturated heterocycles. The summed E-state index contributed by atoms with van der Waals surface area (Å²) < 4.78 is 34.5. The molecule has 0 aliphatic rings. The van der Waals surface area contributed by atoms with Crippen LogP contribution >= 0.6 is 0 Å². The van der Waals surface area contributed by atoms with Crippen molar-refractivity contribution in [2.45, 2.75) is 46.5 Å². The Morgan fingerprint density at radius 2 is 1.95 bits per heavy atom. The van der Waals surface area contributed by atoms with Gasteiger partial charge in [0.1, 0.15) is 5.75 Å². The smallest absolute Gasteiger partial charge is 0.303 e. The first-order chi connectivity index (χ1) is 9.57. The van der Waals surface area contributed by atoms with Crippen molar-refractivity contribution in [2.24, 2.45) is 5.41 Å². The number of carbonyl (C=O) groups is 1. The zero-order valence-electron chi connectivity index (χ0n) is 12.9. The minimum atomic E-state index is -3.14. The topological polar surface area (TPSA) is 46.5 Å². The molecule has 118 valence electrons. The lowest BCUT2D eigenvalue weighted by Gasteiger charge is -2.29. The molecule has 0 aliphatic heterocycles. The van der Waals surface area contributed by atoms with Gasteiger partial charge in [-0.3, -0.25) is 4.79 Å². The molecule has 0 spiro atoms. The molecule has 0 unspecified atom stereocenters. The van der Waals surface area contributed by atoms with Gasteiger partial charge in [-0.2, -0.15) is 0 Å². The molecule has 0 fully saturated rings. The highest BCUT2D eigenvalue weighted by Crippen LogP contribution is 2.44. The Hall–Kier alpha value is -1.65. The fourth-order valence-corrected chi connectivity index (χ4v) is 2.38. The van der Waals surface area contributed by atoms with Crippen LogP contribution in [0.4, 0.5) is 8.78 Å². The third kappa shape index (κ3) is 4.99. The number of ether oxygens (including phenoxy) is 1. The molecule has 21 heavy (non-hydrogen) atoms. The lowest BCUT2D eigenvalue weighted by atomic mass is 9.81. The van der Waals surface area contributed by atoms with Gasteiger partial charge in [0.2, 0.25) is 0 Å². The Bertz CT molecular complexity index is 510. The zero-order valence-corrected chi connectivity index (χ0v) is 12.9. The van der Waals surface area contributed by atoms with E-state index in [9.17, 15) is 13.6 Å². The summed E-state index contributed by atoms with van der Waals surface area (Å²) in [6.45, 7) is 6.83. The van der Waals surface area contributed by atoms with Gasteiger partial charge in [0.15, 0.2) is 0 Å². The lowest BCUT2D eigenvalue weighted by molar-refractivity contribution is -0.140. The van der Waals surface area contributed by atoms with Crippen LogP contribution in [0.5, 0.6) is 5.75 Å². The van der Waals surface area contributed by atoms with Crippen molar-refractivity contribution in [3.63, 3.8) is 0 Å². The van der Waals surface area contributed by atoms with Crippen LogP contribution in [0, 0.1) is 12.3 Å². The van der Waals surface area contributed by atoms with E-state index in [4.69, 9.17) is 9.84 Å². The molecule has 0 heterocycles. The largest absolute Gasteiger partial charge is 0.493 e. The number of carboxylic acid groups (broad SMARTS) is 1. The maximum atomic E-state index is 14.6. The first-order valence-electron chi connectivity index (χ1n) is 6.91. The second-order valence-corrected chi connectivity index (χ2v) is 6.05. The van der Waals surface area contributed by atoms with Gasteiger partial charge >= 0.3 is 5.97 Å². The number of carboxylic acids is 1. The number of alkyl halides is 2. The Morgan fingerprint density at radius 3 is 2.48 bits per heavy atom. The second-order valence-electron chi connectivity index (χ2n) is 6.05. The summed E-state index contributed by atoms with van der Waals surface area (Å²) in [5.74, 6) is -4.07. The Kier molecular flexibility index (Phi) is 5.31. The highest BCUT2D eigenvalue weighted by Gasteiger charge is 2.41. The molecule has 0 radical (unpaired) electrons. The molecule has 0 bridgehead atoms. The zero-order chi connectivity index (χ0) is 16.3. The monoisotopic (exact) mass is 300 g/mol. The normalized spacial score (nSPS) is 12.3. The highest BCUT2D eigenvalue weighted by molar-refractivity contribution is 5.67. The van der Waals surface area contributed by atoms with Crippen molar-refractivity contribution in [1.29, 1.82) is 0 Å². The molecule has 0 amide bonds. The predicted octanol–water partition coefficient (Wildman–Crippen LogP) is 4.38. The van der Waals surface area contributed by atoms with Crippen LogP contribution in [-0.2, 0) is 10.7 Å². The molecule has 5 heteroatoms. The van der Waals surface area contributed by atoms with Gasteiger partial charge < -0.3 is 9.84 Å². The molecule has 0 atom stereocenters. The van der Waals surface area contributed by atoms with Crippen molar-refractivity contribution < 1.29 is 23.4 Å². The third-order valence-corrected chi connectivity index (χ3v) is 3.16. The van der Waals surface area contributed by atoms with Crippen LogP contribution in [0.2, 0.25) is 0 Å². The molecular formula is C16H22F2O3. The molecular weight excluding hydrogens is 278 g/mol. The minimum absolute atomic E-state index is 0.152. The Morgan fingerprint density at radius 1 is 1.33 bits per heavy atom. The van der Waals surface area contributed by atoms with Gasteiger partial charge in [-0.1, -0.05) is 25.5 Å². The van der Waals surface area contributed by atoms with Crippen LogP contribution in [-0.4, -0.2) is 17.7 Å². The first kappa shape index (κ1) is 17.4. The van der Waals surface area contributed by atoms with E-state index in [1.807, 2.05) is 0 Å². The van der Waals surface area contributed by atoms with Crippen LogP contribution in [0.3, 0.4) is 0 Å². The van der Waals surface area contributed by atoms with Gasteiger partial charge in [0.05, 0.1) is 18.6 Å². The highest BCUT2D eigenvalue weighted by atomic mass is 19.3. The molecule has 1 N–H and O–H groups in total. The summed E-state index contributed by atoms with van der Waals surface area (Å²) >= 11 is 0. The van der Waals surface area contributed by atoms with Crippen LogP contribution in [0.25, 0.3) is 0 Å². The molecule has 1 aromatic rings. The molecule has 3 nitrogen and oxygen atoms in total. The van der Waals surface area contributed by atoms with E-state index in [2.05, 4.69) is 0 Å². The molecule has 0 aromatic heterocycles. The lowest BCUT2D eigenvalue weighted by Crippen LogP contribution is -2.27. The van der Waals surface area contributed by atoms with Gasteiger partial charge in [-0.25, -0.2) is 8.78 Å². The van der Waals surface area contributed by atoms with Crippen molar-refractivity contribution in [1.82, 2.24) is 0 Å². The number of hydrogen-bond donors (Lipinski definition) is 1. The van der Waals surface area contributed by atoms with Crippen LogP contribution in [0.15, 0.2) is 18.2 Å². The predicted molar refractivity (Wildman–Crippen MR) is 76.9 cm³/mol. The number of halogens is 2. The van der Waals surface area contributed by atoms with E-state index in [1.54, 1.807) is 19.9 Å². The number of aryl methyl sites for hydroxylation is 1. The van der Waals surface area contributed by atoms with E-state index < -0.39 is 23.7 Å². The van der Waals surface area contributed by atoms with E-state index in [0.717, 1.165) is 0 Å². The van der Waals surface area contributed by atoms with Gasteiger partial charge in [0.25, 0.3) is 5.92 Å². The summed E-state index contributed by atoms with van der Waals surface area (Å²) in [5.41, 5.74) is -0.477. The minimum Gasteiger partial charge on any atom is -0.493 e. The summed E-state index contributed by atoms with van der Waals surface area (Å²) in [6, 6.07) is 4.65. The van der Waals surface area contributed by atoms with Crippen molar-refractivity contribution >= 4 is 5.97 Å². The number of rotatable bonds is 7. The fourth-order valence-electron chi connectivity index (χ4n) is 2.38. The van der Waals surface area contributed by atoms with Gasteiger partial charge in [-0.05, 0) is 31.4 Å². The van der Waals surface area contributed by atoms with Crippen LogP contribution in [0.1, 0.15) is 44.7 Å². The molecule has 0 saturated carbocycles. The van der Waals surface area contributed by atoms with Crippen molar-refractivity contribution in [3.8, 4) is 5.75 Å². The maximum absolute atomic E-state index is 14.6. The van der Waals surface area contributed by atoms with E-state index in [-0.39, 0.29) is 17.7 Å². The SMILES string of the molecule is CCOc1ccc(C)cc1C(F)(F)CC(C)(C)CC(=O)O. The van der Waals surface area contributed by atoms with Gasteiger partial charge in [0, 0.05) is 6.42 Å². The Balaban J connectivity index is 3.11. The maximum Gasteiger partial charge on any atom is 0.303 e. The van der Waals surface area contributed by atoms with Crippen molar-refractivity contribution in [2.75, 3.05) is 6.61 Å². The summed E-state index contributed by atoms with van der Waals surface area (Å²) in [6.07, 6.45) is -0.853. The summed E-state index contributed by atoms with van der Waals surface area (Å²) in [4.78, 5) is 10.8. The Labute approximate surface area is 123 Å². The third-order valence-electron chi connectivity index (χ3n) is 3.16. The molecule has 0 aliphatic carbocycles. The molecule has 1 rings (SSSR count).